The number of nitriles is 1. The van der Waals surface area contributed by atoms with Crippen molar-refractivity contribution in [2.45, 2.75) is 10.6 Å². The van der Waals surface area contributed by atoms with Crippen LogP contribution in [0.5, 0.6) is 0 Å². The molecular weight excluding hydrogens is 391 g/mol. The van der Waals surface area contributed by atoms with Gasteiger partial charge >= 0.3 is 0 Å². The Bertz CT molecular complexity index is 1110. The number of rotatable bonds is 4. The van der Waals surface area contributed by atoms with Gasteiger partial charge in [0.15, 0.2) is 0 Å². The Morgan fingerprint density at radius 2 is 1.96 bits per heavy atom. The summed E-state index contributed by atoms with van der Waals surface area (Å²) in [5, 5.41) is 21.5. The van der Waals surface area contributed by atoms with E-state index in [4.69, 9.17) is 23.2 Å². The van der Waals surface area contributed by atoms with Crippen LogP contribution in [0.2, 0.25) is 10.0 Å². The van der Waals surface area contributed by atoms with Gasteiger partial charge in [-0.3, -0.25) is 10.1 Å². The number of H-pyrrole nitrogens is 1. The highest BCUT2D eigenvalue weighted by Gasteiger charge is 2.15. The summed E-state index contributed by atoms with van der Waals surface area (Å²) in [5.74, 6) is 0.542. The van der Waals surface area contributed by atoms with Gasteiger partial charge < -0.3 is 0 Å². The molecule has 0 radical (unpaired) electrons. The van der Waals surface area contributed by atoms with Gasteiger partial charge in [0.05, 0.1) is 33.5 Å². The zero-order valence-corrected chi connectivity index (χ0v) is 15.5. The van der Waals surface area contributed by atoms with E-state index in [2.05, 4.69) is 26.3 Å². The molecule has 0 spiro atoms. The lowest BCUT2D eigenvalue weighted by atomic mass is 10.1. The fraction of sp³-hybridized carbons (Fsp3) is 0.0588. The van der Waals surface area contributed by atoms with Gasteiger partial charge in [-0.2, -0.15) is 15.5 Å². The number of hydrogen-bond acceptors (Lipinski definition) is 5. The highest BCUT2D eigenvalue weighted by Crippen LogP contribution is 2.35. The van der Waals surface area contributed by atoms with Crippen LogP contribution in [-0.2, 0) is 5.75 Å². The molecular formula is C17H10Cl2N6S. The number of fused-ring (bicyclic) bond motifs is 1. The first kappa shape index (κ1) is 16.9. The van der Waals surface area contributed by atoms with Crippen molar-refractivity contribution in [1.82, 2.24) is 24.8 Å². The first-order chi connectivity index (χ1) is 12.7. The Labute approximate surface area is 162 Å². The molecule has 1 N–H and O–H groups in total. The van der Waals surface area contributed by atoms with Gasteiger partial charge in [-0.05, 0) is 6.07 Å². The van der Waals surface area contributed by atoms with E-state index in [0.717, 1.165) is 27.1 Å². The maximum absolute atomic E-state index is 9.40. The third-order valence-corrected chi connectivity index (χ3v) is 5.56. The number of nitrogens with zero attached hydrogens (tertiary/aromatic N) is 5. The summed E-state index contributed by atoms with van der Waals surface area (Å²) < 4.78 is 1.71. The van der Waals surface area contributed by atoms with Gasteiger partial charge in [0, 0.05) is 52.1 Å². The molecule has 0 aliphatic carbocycles. The van der Waals surface area contributed by atoms with Gasteiger partial charge in [-0.15, -0.1) is 11.8 Å². The lowest BCUT2D eigenvalue weighted by Gasteiger charge is -2.09. The standard InChI is InChI=1S/C17H10Cl2N6S/c18-14-6-21-7-15(19)13(14)9-26-16-1-10(12-3-22-23-4-12)8-25-17(16)11(2-20)5-24-25/h1,3-8H,9H2,(H,22,23). The maximum Gasteiger partial charge on any atom is 0.103 e. The molecule has 0 atom stereocenters. The summed E-state index contributed by atoms with van der Waals surface area (Å²) in [4.78, 5) is 4.88. The van der Waals surface area contributed by atoms with E-state index >= 15 is 0 Å². The second-order valence-corrected chi connectivity index (χ2v) is 7.25. The van der Waals surface area contributed by atoms with Crippen molar-refractivity contribution in [3.63, 3.8) is 0 Å². The Morgan fingerprint density at radius 1 is 1.15 bits per heavy atom. The Hall–Kier alpha value is -2.53. The van der Waals surface area contributed by atoms with Crippen LogP contribution in [0.1, 0.15) is 11.1 Å². The van der Waals surface area contributed by atoms with Crippen LogP contribution in [-0.4, -0.2) is 24.8 Å². The third-order valence-electron chi connectivity index (χ3n) is 3.85. The number of pyridine rings is 2. The molecule has 0 bridgehead atoms. The molecule has 0 saturated carbocycles. The average Bonchev–Trinajstić information content (AvgIpc) is 3.30. The van der Waals surface area contributed by atoms with Crippen LogP contribution in [0.3, 0.4) is 0 Å². The zero-order valence-electron chi connectivity index (χ0n) is 13.1. The zero-order chi connectivity index (χ0) is 18.1. The molecule has 128 valence electrons. The molecule has 0 aliphatic heterocycles. The van der Waals surface area contributed by atoms with Gasteiger partial charge in [-0.1, -0.05) is 23.2 Å². The molecule has 0 aromatic carbocycles. The normalized spacial score (nSPS) is 11.0. The van der Waals surface area contributed by atoms with Crippen LogP contribution in [0.25, 0.3) is 16.6 Å². The summed E-state index contributed by atoms with van der Waals surface area (Å²) in [5.41, 5.74) is 3.94. The minimum Gasteiger partial charge on any atom is -0.285 e. The van der Waals surface area contributed by atoms with Crippen LogP contribution in [0.15, 0.2) is 48.1 Å². The first-order valence-electron chi connectivity index (χ1n) is 7.48. The lowest BCUT2D eigenvalue weighted by Crippen LogP contribution is -1.93. The Balaban J connectivity index is 1.79. The van der Waals surface area contributed by atoms with Crippen molar-refractivity contribution < 1.29 is 0 Å². The second kappa shape index (κ2) is 7.00. The van der Waals surface area contributed by atoms with E-state index in [1.165, 1.54) is 11.8 Å². The van der Waals surface area contributed by atoms with Crippen LogP contribution >= 0.6 is 35.0 Å². The van der Waals surface area contributed by atoms with Crippen molar-refractivity contribution in [2.24, 2.45) is 0 Å². The quantitative estimate of drug-likeness (QED) is 0.506. The molecule has 0 unspecified atom stereocenters. The fourth-order valence-electron chi connectivity index (χ4n) is 2.57. The van der Waals surface area contributed by atoms with Crippen LogP contribution in [0, 0.1) is 11.3 Å². The first-order valence-corrected chi connectivity index (χ1v) is 9.23. The summed E-state index contributed by atoms with van der Waals surface area (Å²) in [7, 11) is 0. The van der Waals surface area contributed by atoms with E-state index < -0.39 is 0 Å². The number of aromatic amines is 1. The summed E-state index contributed by atoms with van der Waals surface area (Å²) in [6.07, 6.45) is 10.1. The number of halogens is 2. The number of hydrogen-bond donors (Lipinski definition) is 1. The van der Waals surface area contributed by atoms with Crippen molar-refractivity contribution in [2.75, 3.05) is 0 Å². The molecule has 4 heterocycles. The molecule has 0 amide bonds. The van der Waals surface area contributed by atoms with E-state index in [0.29, 0.717) is 21.4 Å². The van der Waals surface area contributed by atoms with Gasteiger partial charge in [0.2, 0.25) is 0 Å². The largest absolute Gasteiger partial charge is 0.285 e. The molecule has 26 heavy (non-hydrogen) atoms. The monoisotopic (exact) mass is 400 g/mol. The van der Waals surface area contributed by atoms with E-state index in [9.17, 15) is 5.26 Å². The molecule has 4 rings (SSSR count). The molecule has 9 heteroatoms. The van der Waals surface area contributed by atoms with Crippen LogP contribution in [0.4, 0.5) is 0 Å². The SMILES string of the molecule is N#Cc1cnn2cc(-c3cn[nH]c3)cc(SCc3c(Cl)cncc3Cl)c12. The van der Waals surface area contributed by atoms with Crippen LogP contribution < -0.4 is 0 Å². The molecule has 0 aliphatic rings. The highest BCUT2D eigenvalue weighted by molar-refractivity contribution is 7.98. The summed E-state index contributed by atoms with van der Waals surface area (Å²) >= 11 is 14.0. The van der Waals surface area contributed by atoms with E-state index in [1.54, 1.807) is 35.5 Å². The van der Waals surface area contributed by atoms with Gasteiger partial charge in [0.25, 0.3) is 0 Å². The van der Waals surface area contributed by atoms with Crippen molar-refractivity contribution in [3.05, 3.63) is 64.4 Å². The number of nitrogens with one attached hydrogen (secondary N) is 1. The van der Waals surface area contributed by atoms with E-state index in [1.807, 2.05) is 12.3 Å². The molecule has 0 fully saturated rings. The fourth-order valence-corrected chi connectivity index (χ4v) is 4.39. The second-order valence-electron chi connectivity index (χ2n) is 5.41. The average molecular weight is 401 g/mol. The topological polar surface area (TPSA) is 82.7 Å². The summed E-state index contributed by atoms with van der Waals surface area (Å²) in [6.45, 7) is 0. The molecule has 4 aromatic rings. The number of thioether (sulfide) groups is 1. The van der Waals surface area contributed by atoms with Crippen molar-refractivity contribution in [3.8, 4) is 17.2 Å². The molecule has 6 nitrogen and oxygen atoms in total. The molecule has 4 aromatic heterocycles. The van der Waals surface area contributed by atoms with E-state index in [-0.39, 0.29) is 0 Å². The minimum absolute atomic E-state index is 0.512. The van der Waals surface area contributed by atoms with Crippen molar-refractivity contribution >= 4 is 40.5 Å². The number of aromatic nitrogens is 5. The maximum atomic E-state index is 9.40. The van der Waals surface area contributed by atoms with Crippen molar-refractivity contribution in [1.29, 1.82) is 5.26 Å². The van der Waals surface area contributed by atoms with Gasteiger partial charge in [-0.25, -0.2) is 4.52 Å². The predicted molar refractivity (Wildman–Crippen MR) is 101 cm³/mol. The Morgan fingerprint density at radius 3 is 2.65 bits per heavy atom. The lowest BCUT2D eigenvalue weighted by molar-refractivity contribution is 0.951. The minimum atomic E-state index is 0.512. The Kier molecular flexibility index (Phi) is 4.55. The third kappa shape index (κ3) is 3.03. The van der Waals surface area contributed by atoms with Gasteiger partial charge in [0.1, 0.15) is 6.07 Å². The highest BCUT2D eigenvalue weighted by atomic mass is 35.5. The predicted octanol–water partition coefficient (Wildman–Crippen LogP) is 4.59. The summed E-state index contributed by atoms with van der Waals surface area (Å²) in [6, 6.07) is 4.20. The smallest absolute Gasteiger partial charge is 0.103 e. The molecule has 0 saturated heterocycles.